The molecule has 0 aromatic heterocycles. The first kappa shape index (κ1) is 21.8. The summed E-state index contributed by atoms with van der Waals surface area (Å²) in [7, 11) is -0.134. The summed E-state index contributed by atoms with van der Waals surface area (Å²) in [5.41, 5.74) is 0. The number of hydrogen-bond acceptors (Lipinski definition) is 0. The zero-order valence-electron chi connectivity index (χ0n) is 18.3. The topological polar surface area (TPSA) is 0 Å². The molecule has 0 aromatic rings. The summed E-state index contributed by atoms with van der Waals surface area (Å²) in [5, 5.41) is 0.748. The molecular formula is C21H45HfP. The van der Waals surface area contributed by atoms with Crippen LogP contribution in [0, 0.1) is 0 Å². The van der Waals surface area contributed by atoms with E-state index in [2.05, 4.69) is 90.1 Å². The van der Waals surface area contributed by atoms with Gasteiger partial charge in [0.1, 0.15) is 0 Å². The van der Waals surface area contributed by atoms with Gasteiger partial charge in [0.15, 0.2) is 0 Å². The molecule has 0 amide bonds. The van der Waals surface area contributed by atoms with Crippen molar-refractivity contribution in [1.29, 1.82) is 0 Å². The van der Waals surface area contributed by atoms with Crippen LogP contribution in [0.3, 0.4) is 0 Å². The maximum atomic E-state index is 2.75. The molecule has 23 heavy (non-hydrogen) atoms. The average Bonchev–Trinajstić information content (AvgIpc) is 2.79. The van der Waals surface area contributed by atoms with Crippen molar-refractivity contribution in [2.75, 3.05) is 3.92 Å². The monoisotopic (exact) mass is 508 g/mol. The fourth-order valence-corrected chi connectivity index (χ4v) is 56.8. The van der Waals surface area contributed by atoms with Crippen LogP contribution in [0.5, 0.6) is 0 Å². The Morgan fingerprint density at radius 1 is 0.913 bits per heavy atom. The zero-order valence-corrected chi connectivity index (χ0v) is 22.8. The average molecular weight is 507 g/mol. The fourth-order valence-electron chi connectivity index (χ4n) is 4.54. The van der Waals surface area contributed by atoms with Crippen LogP contribution in [0.4, 0.5) is 0 Å². The van der Waals surface area contributed by atoms with E-state index in [0.717, 1.165) is 6.42 Å². The number of hydrogen-bond donors (Lipinski definition) is 0. The maximum absolute atomic E-state index is 4.57. The van der Waals surface area contributed by atoms with Crippen molar-refractivity contribution in [3.63, 3.8) is 0 Å². The molecule has 0 spiro atoms. The van der Waals surface area contributed by atoms with Crippen molar-refractivity contribution >= 4 is 7.92 Å². The van der Waals surface area contributed by atoms with Crippen LogP contribution in [0.25, 0.3) is 0 Å². The van der Waals surface area contributed by atoms with Gasteiger partial charge in [0.05, 0.1) is 0 Å². The van der Waals surface area contributed by atoms with Crippen LogP contribution in [0.1, 0.15) is 54.9 Å². The van der Waals surface area contributed by atoms with Crippen molar-refractivity contribution in [2.45, 2.75) is 92.8 Å². The Morgan fingerprint density at radius 2 is 1.35 bits per heavy atom. The molecule has 138 valence electrons. The molecule has 0 N–H and O–H groups in total. The molecule has 0 aromatic carbocycles. The van der Waals surface area contributed by atoms with Crippen LogP contribution in [-0.2, 0) is 14.1 Å². The predicted octanol–water partition coefficient (Wildman–Crippen LogP) is 8.84. The van der Waals surface area contributed by atoms with Gasteiger partial charge in [-0.25, -0.2) is 0 Å². The van der Waals surface area contributed by atoms with Crippen molar-refractivity contribution in [1.82, 2.24) is 0 Å². The summed E-state index contributed by atoms with van der Waals surface area (Å²) in [5.74, 6) is 0. The summed E-state index contributed by atoms with van der Waals surface area (Å²) in [6.07, 6.45) is 8.32. The normalized spacial score (nSPS) is 23.8. The van der Waals surface area contributed by atoms with Crippen LogP contribution in [-0.4, -0.2) is 14.2 Å². The van der Waals surface area contributed by atoms with E-state index in [1.165, 1.54) is 8.10 Å². The van der Waals surface area contributed by atoms with Gasteiger partial charge in [-0.15, -0.1) is 0 Å². The predicted molar refractivity (Wildman–Crippen MR) is 113 cm³/mol. The zero-order chi connectivity index (χ0) is 18.8. The third kappa shape index (κ3) is 3.97. The molecule has 0 saturated heterocycles. The fraction of sp³-hybridized carbons (Fsp3) is 0.810. The summed E-state index contributed by atoms with van der Waals surface area (Å²) < 4.78 is 18.2. The van der Waals surface area contributed by atoms with Crippen LogP contribution >= 0.6 is 7.92 Å². The minimum atomic E-state index is -4.57. The van der Waals surface area contributed by atoms with Crippen LogP contribution < -0.4 is 0 Å². The van der Waals surface area contributed by atoms with E-state index in [4.69, 9.17) is 0 Å². The molecule has 0 atom stereocenters. The van der Waals surface area contributed by atoms with Gasteiger partial charge in [0, 0.05) is 0 Å². The van der Waals surface area contributed by atoms with Gasteiger partial charge in [-0.2, -0.15) is 0 Å². The third-order valence-corrected chi connectivity index (χ3v) is 69.8. The molecule has 0 unspecified atom stereocenters. The Bertz CT molecular complexity index is 595. The molecule has 1 rings (SSSR count). The number of rotatable bonds is 4. The molecule has 0 aliphatic heterocycles. The van der Waals surface area contributed by atoms with Crippen LogP contribution in [0.15, 0.2) is 21.6 Å². The van der Waals surface area contributed by atoms with Crippen molar-refractivity contribution in [3.05, 3.63) is 21.6 Å². The van der Waals surface area contributed by atoms with Crippen molar-refractivity contribution in [3.8, 4) is 0 Å². The standard InChI is InChI=1S/C9H20P.C5H5.C2H5.5CH3.Hf/c1-8(2,3)10(7)9(4,5)6;1-2-4-5-3-1;1-2;;;;;;/h7H2,1-6H3;1-3H,4H2;1H2,2H3;5*1H3;. The van der Waals surface area contributed by atoms with Gasteiger partial charge >= 0.3 is 140 Å². The van der Waals surface area contributed by atoms with E-state index in [1.807, 2.05) is 0 Å². The Morgan fingerprint density at radius 3 is 1.61 bits per heavy atom. The molecule has 0 bridgehead atoms. The van der Waals surface area contributed by atoms with E-state index in [0.29, 0.717) is 10.3 Å². The molecule has 0 fully saturated rings. The van der Waals surface area contributed by atoms with E-state index in [-0.39, 0.29) is 7.92 Å². The molecular weight excluding hydrogens is 462 g/mol. The second kappa shape index (κ2) is 3.88. The van der Waals surface area contributed by atoms with Gasteiger partial charge in [-0.05, 0) is 0 Å². The van der Waals surface area contributed by atoms with Crippen molar-refractivity contribution < 1.29 is 14.1 Å². The van der Waals surface area contributed by atoms with E-state index in [1.54, 1.807) is 3.33 Å². The minimum absolute atomic E-state index is 0.134. The van der Waals surface area contributed by atoms with Crippen molar-refractivity contribution in [2.24, 2.45) is 0 Å². The Balaban J connectivity index is 3.80. The molecule has 1 aliphatic carbocycles. The van der Waals surface area contributed by atoms with Gasteiger partial charge in [0.2, 0.25) is 0 Å². The van der Waals surface area contributed by atoms with Gasteiger partial charge in [-0.1, -0.05) is 0 Å². The van der Waals surface area contributed by atoms with Gasteiger partial charge in [0.25, 0.3) is 0 Å². The summed E-state index contributed by atoms with van der Waals surface area (Å²) in [4.78, 5) is 0. The SMILES string of the molecule is C[CH2][Hf]([CH3])([CH3])([CH3])([CH3])([CH3])([CH2]P(C(C)(C)C)C(C)(C)C)[C]1=CC=CC1. The van der Waals surface area contributed by atoms with E-state index < -0.39 is 14.1 Å². The van der Waals surface area contributed by atoms with Gasteiger partial charge < -0.3 is 0 Å². The molecule has 1 aliphatic rings. The summed E-state index contributed by atoms with van der Waals surface area (Å²) >= 11 is -4.57. The second-order valence-electron chi connectivity index (χ2n) is 17.0. The molecule has 0 radical (unpaired) electrons. The van der Waals surface area contributed by atoms with E-state index >= 15 is 0 Å². The molecule has 0 saturated carbocycles. The first-order chi connectivity index (χ1) is 9.48. The molecule has 0 nitrogen and oxygen atoms in total. The van der Waals surface area contributed by atoms with E-state index in [9.17, 15) is 0 Å². The first-order valence-corrected chi connectivity index (χ1v) is 36.0. The Kier molecular flexibility index (Phi) is 3.68. The Hall–Kier alpha value is 0.780. The van der Waals surface area contributed by atoms with Gasteiger partial charge in [-0.3, -0.25) is 0 Å². The summed E-state index contributed by atoms with van der Waals surface area (Å²) in [6.45, 7) is 17.3. The third-order valence-electron chi connectivity index (χ3n) is 7.78. The molecule has 2 heteroatoms. The second-order valence-corrected chi connectivity index (χ2v) is 104. The quantitative estimate of drug-likeness (QED) is 0.264. The number of allylic oxidation sites excluding steroid dienone is 4. The Labute approximate surface area is 139 Å². The summed E-state index contributed by atoms with van der Waals surface area (Å²) in [6, 6.07) is 0. The van der Waals surface area contributed by atoms with Crippen LogP contribution in [0.2, 0.25) is 27.6 Å². The molecule has 0 heterocycles. The first-order valence-electron chi connectivity index (χ1n) is 9.64.